The van der Waals surface area contributed by atoms with Crippen LogP contribution in [0.5, 0.6) is 0 Å². The Kier molecular flexibility index (Phi) is 4.72. The first-order valence-corrected chi connectivity index (χ1v) is 3.38. The van der Waals surface area contributed by atoms with Crippen LogP contribution >= 0.6 is 11.6 Å². The van der Waals surface area contributed by atoms with Gasteiger partial charge in [-0.3, -0.25) is 0 Å². The van der Waals surface area contributed by atoms with Crippen molar-refractivity contribution in [3.05, 3.63) is 29.3 Å². The van der Waals surface area contributed by atoms with Gasteiger partial charge in [0.05, 0.1) is 7.05 Å². The summed E-state index contributed by atoms with van der Waals surface area (Å²) in [6.45, 7) is 0. The predicted octanol–water partition coefficient (Wildman–Crippen LogP) is 0.780. The third-order valence-electron chi connectivity index (χ3n) is 0.870. The van der Waals surface area contributed by atoms with E-state index in [1.54, 1.807) is 31.3 Å². The molecule has 5 N–H and O–H groups in total. The van der Waals surface area contributed by atoms with Crippen LogP contribution in [0.15, 0.2) is 24.3 Å². The molecule has 3 heteroatoms. The van der Waals surface area contributed by atoms with Crippen LogP contribution in [0.3, 0.4) is 0 Å². The summed E-state index contributed by atoms with van der Waals surface area (Å²) in [5, 5.41) is 0.721. The Bertz CT molecular complexity index is 150. The second kappa shape index (κ2) is 5.09. The molecule has 0 aliphatic carbocycles. The Morgan fingerprint density at radius 3 is 1.90 bits per heavy atom. The normalized spacial score (nSPS) is 7.90. The minimum atomic E-state index is 0.721. The number of hydrogen-bond acceptors (Lipinski definition) is 1. The fourth-order valence-electron chi connectivity index (χ4n) is 0.463. The molecule has 56 valence electrons. The molecule has 1 rings (SSSR count). The van der Waals surface area contributed by atoms with Crippen molar-refractivity contribution in [3.8, 4) is 0 Å². The first-order valence-electron chi connectivity index (χ1n) is 3.01. The second-order valence-electron chi connectivity index (χ2n) is 1.55. The van der Waals surface area contributed by atoms with Gasteiger partial charge in [0.25, 0.3) is 0 Å². The maximum Gasteiger partial charge on any atom is 0.0634 e. The fourth-order valence-corrected chi connectivity index (χ4v) is 0.589. The van der Waals surface area contributed by atoms with E-state index in [2.05, 4.69) is 5.73 Å². The highest BCUT2D eigenvalue weighted by Gasteiger charge is 1.82. The number of anilines is 1. The molecule has 10 heavy (non-hydrogen) atoms. The van der Waals surface area contributed by atoms with Crippen molar-refractivity contribution >= 4 is 17.3 Å². The number of rotatable bonds is 0. The number of nitrogens with two attached hydrogens (primary N) is 1. The van der Waals surface area contributed by atoms with Gasteiger partial charge >= 0.3 is 0 Å². The van der Waals surface area contributed by atoms with Gasteiger partial charge in [0.2, 0.25) is 0 Å². The zero-order chi connectivity index (χ0) is 7.98. The topological polar surface area (TPSA) is 53.7 Å². The predicted molar refractivity (Wildman–Crippen MR) is 44.7 cm³/mol. The lowest BCUT2D eigenvalue weighted by atomic mass is 10.3. The molecule has 0 bridgehead atoms. The van der Waals surface area contributed by atoms with Crippen LogP contribution in [-0.4, -0.2) is 7.05 Å². The maximum absolute atomic E-state index is 5.56. The van der Waals surface area contributed by atoms with Crippen LogP contribution in [-0.2, 0) is 0 Å². The molecule has 0 saturated heterocycles. The molecule has 0 unspecified atom stereocenters. The van der Waals surface area contributed by atoms with Gasteiger partial charge in [0, 0.05) is 10.7 Å². The van der Waals surface area contributed by atoms with E-state index in [-0.39, 0.29) is 0 Å². The molecule has 1 aromatic carbocycles. The van der Waals surface area contributed by atoms with Crippen molar-refractivity contribution in [2.24, 2.45) is 0 Å². The van der Waals surface area contributed by atoms with E-state index in [9.17, 15) is 0 Å². The summed E-state index contributed by atoms with van der Waals surface area (Å²) in [5.41, 5.74) is 9.36. The highest BCUT2D eigenvalue weighted by Crippen LogP contribution is 2.09. The number of halogens is 1. The van der Waals surface area contributed by atoms with Crippen molar-refractivity contribution in [2.75, 3.05) is 12.8 Å². The minimum absolute atomic E-state index is 0.721. The Morgan fingerprint density at radius 2 is 1.60 bits per heavy atom. The number of nitrogen functional groups attached to an aromatic ring is 1. The smallest absolute Gasteiger partial charge is 0.0634 e. The zero-order valence-corrected chi connectivity index (χ0v) is 6.73. The fraction of sp³-hybridized carbons (Fsp3) is 0.143. The van der Waals surface area contributed by atoms with Gasteiger partial charge in [-0.15, -0.1) is 0 Å². The number of hydrogen-bond donors (Lipinski definition) is 2. The molecule has 0 radical (unpaired) electrons. The van der Waals surface area contributed by atoms with Crippen molar-refractivity contribution in [2.45, 2.75) is 0 Å². The number of quaternary nitrogens is 1. The Labute approximate surface area is 65.8 Å². The Hall–Kier alpha value is -0.730. The van der Waals surface area contributed by atoms with Gasteiger partial charge in [0.1, 0.15) is 0 Å². The summed E-state index contributed by atoms with van der Waals surface area (Å²) in [4.78, 5) is 0. The lowest BCUT2D eigenvalue weighted by molar-refractivity contribution is -0.325. The zero-order valence-electron chi connectivity index (χ0n) is 5.97. The standard InChI is InChI=1S/C6H6ClN.CH5N/c7-5-1-3-6(8)4-2-5;1-2/h1-4H,8H2;2H2,1H3/p+1. The highest BCUT2D eigenvalue weighted by molar-refractivity contribution is 6.30. The van der Waals surface area contributed by atoms with Crippen LogP contribution in [0, 0.1) is 0 Å². The molecule has 0 heterocycles. The minimum Gasteiger partial charge on any atom is -0.399 e. The van der Waals surface area contributed by atoms with Crippen molar-refractivity contribution in [1.29, 1.82) is 0 Å². The van der Waals surface area contributed by atoms with E-state index in [1.807, 2.05) is 0 Å². The largest absolute Gasteiger partial charge is 0.399 e. The summed E-state index contributed by atoms with van der Waals surface area (Å²) >= 11 is 5.56. The lowest BCUT2D eigenvalue weighted by Gasteiger charge is -1.88. The lowest BCUT2D eigenvalue weighted by Crippen LogP contribution is -2.40. The molecular weight excluding hydrogens is 148 g/mol. The van der Waals surface area contributed by atoms with Crippen LogP contribution in [0.2, 0.25) is 5.02 Å². The number of benzene rings is 1. The molecule has 0 aliphatic rings. The van der Waals surface area contributed by atoms with E-state index in [0.29, 0.717) is 0 Å². The van der Waals surface area contributed by atoms with E-state index >= 15 is 0 Å². The quantitative estimate of drug-likeness (QED) is 0.540. The van der Waals surface area contributed by atoms with Crippen molar-refractivity contribution in [1.82, 2.24) is 0 Å². The summed E-state index contributed by atoms with van der Waals surface area (Å²) < 4.78 is 0. The van der Waals surface area contributed by atoms with Gasteiger partial charge in [0.15, 0.2) is 0 Å². The first-order chi connectivity index (χ1) is 4.79. The van der Waals surface area contributed by atoms with Crippen LogP contribution in [0.1, 0.15) is 0 Å². The molecule has 1 aromatic rings. The van der Waals surface area contributed by atoms with E-state index in [0.717, 1.165) is 10.7 Å². The highest BCUT2D eigenvalue weighted by atomic mass is 35.5. The molecule has 2 nitrogen and oxygen atoms in total. The van der Waals surface area contributed by atoms with E-state index in [1.165, 1.54) is 0 Å². The van der Waals surface area contributed by atoms with Crippen LogP contribution < -0.4 is 11.5 Å². The average molecular weight is 160 g/mol. The van der Waals surface area contributed by atoms with Gasteiger partial charge in [-0.2, -0.15) is 0 Å². The molecule has 0 aliphatic heterocycles. The second-order valence-corrected chi connectivity index (χ2v) is 1.99. The average Bonchev–Trinajstić information content (AvgIpc) is 2.00. The first kappa shape index (κ1) is 9.27. The van der Waals surface area contributed by atoms with Gasteiger partial charge in [-0.25, -0.2) is 0 Å². The van der Waals surface area contributed by atoms with Gasteiger partial charge in [-0.05, 0) is 24.3 Å². The van der Waals surface area contributed by atoms with Crippen LogP contribution in [0.25, 0.3) is 0 Å². The molecule has 0 spiro atoms. The summed E-state index contributed by atoms with van der Waals surface area (Å²) in [6.07, 6.45) is 0. The Balaban J connectivity index is 0.000000371. The van der Waals surface area contributed by atoms with Crippen molar-refractivity contribution < 1.29 is 5.73 Å². The summed E-state index contributed by atoms with van der Waals surface area (Å²) in [7, 11) is 1.75. The summed E-state index contributed by atoms with van der Waals surface area (Å²) in [6, 6.07) is 7.05. The molecule has 0 saturated carbocycles. The molecule has 0 aromatic heterocycles. The van der Waals surface area contributed by atoms with Gasteiger partial charge < -0.3 is 11.5 Å². The maximum atomic E-state index is 5.56. The van der Waals surface area contributed by atoms with Crippen molar-refractivity contribution in [3.63, 3.8) is 0 Å². The SMILES string of the molecule is C[NH3+].Nc1ccc(Cl)cc1. The monoisotopic (exact) mass is 159 g/mol. The molecule has 0 atom stereocenters. The summed E-state index contributed by atoms with van der Waals surface area (Å²) in [5.74, 6) is 0. The molecular formula is C7H12ClN2+. The Morgan fingerprint density at radius 1 is 1.20 bits per heavy atom. The molecule has 0 amide bonds. The third-order valence-corrected chi connectivity index (χ3v) is 1.12. The van der Waals surface area contributed by atoms with E-state index < -0.39 is 0 Å². The third kappa shape index (κ3) is 3.33. The van der Waals surface area contributed by atoms with Crippen LogP contribution in [0.4, 0.5) is 5.69 Å². The molecule has 0 fully saturated rings. The van der Waals surface area contributed by atoms with E-state index in [4.69, 9.17) is 17.3 Å². The van der Waals surface area contributed by atoms with Gasteiger partial charge in [-0.1, -0.05) is 11.6 Å².